The molecule has 0 bridgehead atoms. The van der Waals surface area contributed by atoms with Gasteiger partial charge in [-0.25, -0.2) is 4.98 Å². The maximum atomic E-state index is 12.5. The van der Waals surface area contributed by atoms with Crippen molar-refractivity contribution in [2.75, 3.05) is 18.4 Å². The summed E-state index contributed by atoms with van der Waals surface area (Å²) in [6.45, 7) is 4.22. The number of halogens is 1. The van der Waals surface area contributed by atoms with Crippen molar-refractivity contribution in [3.8, 4) is 0 Å². The fourth-order valence-corrected chi connectivity index (χ4v) is 3.10. The molecule has 2 aromatic rings. The molecule has 24 heavy (non-hydrogen) atoms. The molecule has 3 heterocycles. The summed E-state index contributed by atoms with van der Waals surface area (Å²) >= 11 is 6.30. The van der Waals surface area contributed by atoms with E-state index < -0.39 is 0 Å². The first-order valence-electron chi connectivity index (χ1n) is 8.23. The SMILES string of the molecule is Cc1cncc(CNc2ncc(C(=O)N3CCCCC3)cc2Cl)c1. The van der Waals surface area contributed by atoms with Crippen molar-refractivity contribution >= 4 is 23.3 Å². The standard InChI is InChI=1S/C18H21ClN4O/c1-13-7-14(10-20-9-13)11-21-17-16(19)8-15(12-22-17)18(24)23-5-3-2-4-6-23/h7-10,12H,2-6,11H2,1H3,(H,21,22). The van der Waals surface area contributed by atoms with Crippen LogP contribution in [0.1, 0.15) is 40.7 Å². The zero-order valence-corrected chi connectivity index (χ0v) is 14.5. The van der Waals surface area contributed by atoms with Gasteiger partial charge in [0.25, 0.3) is 5.91 Å². The van der Waals surface area contributed by atoms with Crippen LogP contribution in [0.5, 0.6) is 0 Å². The molecular formula is C18H21ClN4O. The number of rotatable bonds is 4. The van der Waals surface area contributed by atoms with Crippen LogP contribution in [0.3, 0.4) is 0 Å². The highest BCUT2D eigenvalue weighted by molar-refractivity contribution is 6.33. The minimum absolute atomic E-state index is 0.0125. The van der Waals surface area contributed by atoms with E-state index in [1.807, 2.05) is 24.2 Å². The normalized spacial score (nSPS) is 14.5. The van der Waals surface area contributed by atoms with Gasteiger partial charge in [0.15, 0.2) is 0 Å². The van der Waals surface area contributed by atoms with Crippen LogP contribution in [0.15, 0.2) is 30.7 Å². The second kappa shape index (κ2) is 7.62. The number of hydrogen-bond donors (Lipinski definition) is 1. The molecule has 0 radical (unpaired) electrons. The highest BCUT2D eigenvalue weighted by Gasteiger charge is 2.19. The Morgan fingerprint density at radius 2 is 2.00 bits per heavy atom. The Kier molecular flexibility index (Phi) is 5.30. The van der Waals surface area contributed by atoms with E-state index in [-0.39, 0.29) is 5.91 Å². The summed E-state index contributed by atoms with van der Waals surface area (Å²) in [6, 6.07) is 3.75. The molecule has 0 spiro atoms. The van der Waals surface area contributed by atoms with Gasteiger partial charge in [0, 0.05) is 38.2 Å². The number of amides is 1. The number of carbonyl (C=O) groups excluding carboxylic acids is 1. The van der Waals surface area contributed by atoms with Gasteiger partial charge in [0.2, 0.25) is 0 Å². The number of piperidine rings is 1. The smallest absolute Gasteiger partial charge is 0.255 e. The molecule has 5 nitrogen and oxygen atoms in total. The Balaban J connectivity index is 1.67. The molecule has 3 rings (SSSR count). The Morgan fingerprint density at radius 3 is 2.71 bits per heavy atom. The van der Waals surface area contributed by atoms with E-state index in [0.29, 0.717) is 22.9 Å². The van der Waals surface area contributed by atoms with E-state index in [1.54, 1.807) is 12.3 Å². The van der Waals surface area contributed by atoms with Crippen LogP contribution in [0.25, 0.3) is 0 Å². The van der Waals surface area contributed by atoms with Crippen molar-refractivity contribution < 1.29 is 4.79 Å². The predicted molar refractivity (Wildman–Crippen MR) is 95.3 cm³/mol. The van der Waals surface area contributed by atoms with Crippen LogP contribution in [-0.2, 0) is 6.54 Å². The number of aromatic nitrogens is 2. The number of anilines is 1. The monoisotopic (exact) mass is 344 g/mol. The van der Waals surface area contributed by atoms with Crippen LogP contribution in [-0.4, -0.2) is 33.9 Å². The molecule has 1 saturated heterocycles. The average Bonchev–Trinajstić information content (AvgIpc) is 2.61. The van der Waals surface area contributed by atoms with Crippen molar-refractivity contribution in [2.45, 2.75) is 32.7 Å². The number of nitrogens with one attached hydrogen (secondary N) is 1. The number of pyridine rings is 2. The molecule has 2 aromatic heterocycles. The molecule has 0 saturated carbocycles. The van der Waals surface area contributed by atoms with Gasteiger partial charge >= 0.3 is 0 Å². The van der Waals surface area contributed by atoms with Gasteiger partial charge in [-0.05, 0) is 43.4 Å². The molecule has 1 amide bonds. The van der Waals surface area contributed by atoms with Gasteiger partial charge in [-0.1, -0.05) is 17.7 Å². The van der Waals surface area contributed by atoms with E-state index in [0.717, 1.165) is 37.1 Å². The number of aryl methyl sites for hydroxylation is 1. The summed E-state index contributed by atoms with van der Waals surface area (Å²) in [4.78, 5) is 22.8. The van der Waals surface area contributed by atoms with Crippen LogP contribution >= 0.6 is 11.6 Å². The second-order valence-corrected chi connectivity index (χ2v) is 6.54. The van der Waals surface area contributed by atoms with E-state index in [2.05, 4.69) is 21.4 Å². The largest absolute Gasteiger partial charge is 0.365 e. The molecule has 0 unspecified atom stereocenters. The lowest BCUT2D eigenvalue weighted by molar-refractivity contribution is 0.0724. The summed E-state index contributed by atoms with van der Waals surface area (Å²) in [5, 5.41) is 3.65. The zero-order chi connectivity index (χ0) is 16.9. The number of hydrogen-bond acceptors (Lipinski definition) is 4. The van der Waals surface area contributed by atoms with Crippen molar-refractivity contribution in [1.29, 1.82) is 0 Å². The van der Waals surface area contributed by atoms with Crippen molar-refractivity contribution in [3.63, 3.8) is 0 Å². The van der Waals surface area contributed by atoms with Gasteiger partial charge in [0.05, 0.1) is 10.6 Å². The molecule has 0 aliphatic carbocycles. The molecule has 126 valence electrons. The van der Waals surface area contributed by atoms with E-state index in [1.165, 1.54) is 6.42 Å². The lowest BCUT2D eigenvalue weighted by Gasteiger charge is -2.26. The number of likely N-dealkylation sites (tertiary alicyclic amines) is 1. The van der Waals surface area contributed by atoms with Crippen molar-refractivity contribution in [1.82, 2.24) is 14.9 Å². The maximum Gasteiger partial charge on any atom is 0.255 e. The molecular weight excluding hydrogens is 324 g/mol. The average molecular weight is 345 g/mol. The Morgan fingerprint density at radius 1 is 1.21 bits per heavy atom. The topological polar surface area (TPSA) is 58.1 Å². The van der Waals surface area contributed by atoms with Gasteiger partial charge in [-0.15, -0.1) is 0 Å². The van der Waals surface area contributed by atoms with Crippen molar-refractivity contribution in [2.24, 2.45) is 0 Å². The lowest BCUT2D eigenvalue weighted by Crippen LogP contribution is -2.35. The molecule has 1 fully saturated rings. The number of carbonyl (C=O) groups is 1. The van der Waals surface area contributed by atoms with Gasteiger partial charge in [-0.3, -0.25) is 9.78 Å². The zero-order valence-electron chi connectivity index (χ0n) is 13.8. The second-order valence-electron chi connectivity index (χ2n) is 6.13. The summed E-state index contributed by atoms with van der Waals surface area (Å²) in [6.07, 6.45) is 8.55. The third kappa shape index (κ3) is 4.03. The van der Waals surface area contributed by atoms with Gasteiger partial charge in [0.1, 0.15) is 5.82 Å². The Hall–Kier alpha value is -2.14. The molecule has 1 aliphatic heterocycles. The van der Waals surface area contributed by atoms with Gasteiger partial charge < -0.3 is 10.2 Å². The quantitative estimate of drug-likeness (QED) is 0.919. The third-order valence-electron chi connectivity index (χ3n) is 4.12. The molecule has 0 aromatic carbocycles. The fourth-order valence-electron chi connectivity index (χ4n) is 2.86. The van der Waals surface area contributed by atoms with E-state index >= 15 is 0 Å². The lowest BCUT2D eigenvalue weighted by atomic mass is 10.1. The molecule has 0 atom stereocenters. The fraction of sp³-hybridized carbons (Fsp3) is 0.389. The summed E-state index contributed by atoms with van der Waals surface area (Å²) in [7, 11) is 0. The van der Waals surface area contributed by atoms with Gasteiger partial charge in [-0.2, -0.15) is 0 Å². The van der Waals surface area contributed by atoms with Crippen LogP contribution in [0, 0.1) is 6.92 Å². The third-order valence-corrected chi connectivity index (χ3v) is 4.41. The highest BCUT2D eigenvalue weighted by Crippen LogP contribution is 2.22. The summed E-state index contributed by atoms with van der Waals surface area (Å²) < 4.78 is 0. The highest BCUT2D eigenvalue weighted by atomic mass is 35.5. The predicted octanol–water partition coefficient (Wildman–Crippen LogP) is 3.68. The number of nitrogens with zero attached hydrogens (tertiary/aromatic N) is 3. The molecule has 1 aliphatic rings. The van der Waals surface area contributed by atoms with Crippen molar-refractivity contribution in [3.05, 3.63) is 52.4 Å². The van der Waals surface area contributed by atoms with E-state index in [9.17, 15) is 4.79 Å². The minimum Gasteiger partial charge on any atom is -0.365 e. The van der Waals surface area contributed by atoms with Crippen LogP contribution in [0.2, 0.25) is 5.02 Å². The first-order valence-corrected chi connectivity index (χ1v) is 8.60. The maximum absolute atomic E-state index is 12.5. The van der Waals surface area contributed by atoms with Crippen LogP contribution in [0.4, 0.5) is 5.82 Å². The summed E-state index contributed by atoms with van der Waals surface area (Å²) in [5.41, 5.74) is 2.71. The molecule has 6 heteroatoms. The van der Waals surface area contributed by atoms with Crippen LogP contribution < -0.4 is 5.32 Å². The Labute approximate surface area is 147 Å². The minimum atomic E-state index is 0.0125. The first kappa shape index (κ1) is 16.7. The van der Waals surface area contributed by atoms with E-state index in [4.69, 9.17) is 11.6 Å². The first-order chi connectivity index (χ1) is 11.6. The molecule has 1 N–H and O–H groups in total. The summed E-state index contributed by atoms with van der Waals surface area (Å²) in [5.74, 6) is 0.590. The Bertz CT molecular complexity index is 729.